The van der Waals surface area contributed by atoms with E-state index >= 15 is 0 Å². The maximum atomic E-state index is 12.7. The standard InChI is InChI=1S/C24H24O5/c1-27-23-14-20-19(8-5-13-25)21(15-22(20)28-23)29-24(26)18-11-9-17(10-12-18)16-6-3-2-4-7-16/h2-13,19-23H,14-15H2,1H3/b8-5+/t19-,20-,21-,22+,23-/m1/s1. The monoisotopic (exact) mass is 392 g/mol. The van der Waals surface area contributed by atoms with Crippen molar-refractivity contribution in [3.63, 3.8) is 0 Å². The number of benzene rings is 2. The largest absolute Gasteiger partial charge is 0.458 e. The number of allylic oxidation sites excluding steroid dienone is 1. The first-order valence-electron chi connectivity index (χ1n) is 9.86. The van der Waals surface area contributed by atoms with Gasteiger partial charge in [0.15, 0.2) is 6.29 Å². The molecule has 2 aromatic carbocycles. The summed E-state index contributed by atoms with van der Waals surface area (Å²) >= 11 is 0. The number of carbonyl (C=O) groups excluding carboxylic acids is 2. The van der Waals surface area contributed by atoms with Crippen LogP contribution in [0.2, 0.25) is 0 Å². The summed E-state index contributed by atoms with van der Waals surface area (Å²) in [5.74, 6) is -0.241. The summed E-state index contributed by atoms with van der Waals surface area (Å²) in [6, 6.07) is 17.4. The molecule has 2 fully saturated rings. The van der Waals surface area contributed by atoms with Crippen LogP contribution in [-0.4, -0.2) is 37.9 Å². The minimum atomic E-state index is -0.359. The number of esters is 1. The number of hydrogen-bond donors (Lipinski definition) is 0. The zero-order chi connectivity index (χ0) is 20.2. The van der Waals surface area contributed by atoms with Crippen LogP contribution in [0.4, 0.5) is 0 Å². The lowest BCUT2D eigenvalue weighted by Gasteiger charge is -2.21. The summed E-state index contributed by atoms with van der Waals surface area (Å²) < 4.78 is 17.0. The summed E-state index contributed by atoms with van der Waals surface area (Å²) in [5.41, 5.74) is 2.65. The minimum absolute atomic E-state index is 0.0282. The molecule has 1 aliphatic heterocycles. The van der Waals surface area contributed by atoms with Gasteiger partial charge in [-0.25, -0.2) is 4.79 Å². The molecule has 1 saturated carbocycles. The van der Waals surface area contributed by atoms with Crippen LogP contribution in [-0.2, 0) is 19.0 Å². The van der Waals surface area contributed by atoms with Crippen LogP contribution < -0.4 is 0 Å². The average Bonchev–Trinajstić information content (AvgIpc) is 3.30. The lowest BCUT2D eigenvalue weighted by molar-refractivity contribution is -0.118. The van der Waals surface area contributed by atoms with Gasteiger partial charge in [0.25, 0.3) is 0 Å². The smallest absolute Gasteiger partial charge is 0.338 e. The fraction of sp³-hybridized carbons (Fsp3) is 0.333. The molecular formula is C24H24O5. The predicted molar refractivity (Wildman–Crippen MR) is 108 cm³/mol. The van der Waals surface area contributed by atoms with E-state index in [4.69, 9.17) is 14.2 Å². The van der Waals surface area contributed by atoms with Crippen LogP contribution in [0.25, 0.3) is 11.1 Å². The number of aldehydes is 1. The summed E-state index contributed by atoms with van der Waals surface area (Å²) in [4.78, 5) is 23.5. The molecule has 0 N–H and O–H groups in total. The molecular weight excluding hydrogens is 368 g/mol. The van der Waals surface area contributed by atoms with E-state index in [2.05, 4.69) is 0 Å². The molecule has 2 aliphatic rings. The van der Waals surface area contributed by atoms with Crippen LogP contribution in [0.1, 0.15) is 23.2 Å². The zero-order valence-electron chi connectivity index (χ0n) is 16.3. The molecule has 5 heteroatoms. The Balaban J connectivity index is 1.46. The van der Waals surface area contributed by atoms with Gasteiger partial charge >= 0.3 is 5.97 Å². The van der Waals surface area contributed by atoms with Crippen molar-refractivity contribution in [3.8, 4) is 11.1 Å². The Bertz CT molecular complexity index is 874. The Labute approximate surface area is 170 Å². The van der Waals surface area contributed by atoms with E-state index in [1.165, 1.54) is 6.08 Å². The molecule has 0 amide bonds. The van der Waals surface area contributed by atoms with Gasteiger partial charge in [0.2, 0.25) is 0 Å². The molecule has 4 rings (SSSR count). The van der Waals surface area contributed by atoms with E-state index in [9.17, 15) is 9.59 Å². The summed E-state index contributed by atoms with van der Waals surface area (Å²) in [6.07, 6.45) is 4.80. The van der Waals surface area contributed by atoms with Gasteiger partial charge in [-0.3, -0.25) is 4.79 Å². The van der Waals surface area contributed by atoms with Gasteiger partial charge in [-0.15, -0.1) is 0 Å². The van der Waals surface area contributed by atoms with E-state index < -0.39 is 0 Å². The first-order valence-corrected chi connectivity index (χ1v) is 9.86. The second-order valence-corrected chi connectivity index (χ2v) is 7.46. The molecule has 1 saturated heterocycles. The van der Waals surface area contributed by atoms with Crippen LogP contribution in [0.3, 0.4) is 0 Å². The quantitative estimate of drug-likeness (QED) is 0.422. The van der Waals surface area contributed by atoms with Gasteiger partial charge < -0.3 is 14.2 Å². The Morgan fingerprint density at radius 1 is 1.03 bits per heavy atom. The van der Waals surface area contributed by atoms with E-state index in [-0.39, 0.29) is 36.3 Å². The number of methoxy groups -OCH3 is 1. The predicted octanol–water partition coefficient (Wildman–Crippen LogP) is 4.03. The molecule has 2 aromatic rings. The highest BCUT2D eigenvalue weighted by Gasteiger charge is 2.50. The molecule has 29 heavy (non-hydrogen) atoms. The van der Waals surface area contributed by atoms with Crippen molar-refractivity contribution in [2.75, 3.05) is 7.11 Å². The maximum Gasteiger partial charge on any atom is 0.338 e. The second kappa shape index (κ2) is 8.72. The Morgan fingerprint density at radius 2 is 1.76 bits per heavy atom. The van der Waals surface area contributed by atoms with Crippen molar-refractivity contribution in [3.05, 3.63) is 72.3 Å². The maximum absolute atomic E-state index is 12.7. The highest BCUT2D eigenvalue weighted by Crippen LogP contribution is 2.45. The van der Waals surface area contributed by atoms with Crippen LogP contribution in [0.15, 0.2) is 66.7 Å². The van der Waals surface area contributed by atoms with Gasteiger partial charge in [0.05, 0.1) is 11.7 Å². The summed E-state index contributed by atoms with van der Waals surface area (Å²) in [6.45, 7) is 0. The number of fused-ring (bicyclic) bond motifs is 1. The fourth-order valence-electron chi connectivity index (χ4n) is 4.38. The van der Waals surface area contributed by atoms with Gasteiger partial charge in [-0.1, -0.05) is 48.5 Å². The SMILES string of the molecule is CO[C@H]1C[C@@H]2[C@@H](/C=C/C=O)[C@H](OC(=O)c3ccc(-c4ccccc4)cc3)C[C@@H]2O1. The first-order chi connectivity index (χ1) is 14.2. The number of carbonyl (C=O) groups is 2. The molecule has 0 unspecified atom stereocenters. The van der Waals surface area contributed by atoms with Crippen molar-refractivity contribution in [2.45, 2.75) is 31.3 Å². The topological polar surface area (TPSA) is 61.8 Å². The lowest BCUT2D eigenvalue weighted by atomic mass is 9.91. The Morgan fingerprint density at radius 3 is 2.45 bits per heavy atom. The van der Waals surface area contributed by atoms with Gasteiger partial charge in [-0.2, -0.15) is 0 Å². The Hall–Kier alpha value is -2.76. The van der Waals surface area contributed by atoms with E-state index in [0.717, 1.165) is 23.8 Å². The normalized spacial score (nSPS) is 28.4. The number of rotatable bonds is 6. The summed E-state index contributed by atoms with van der Waals surface area (Å²) in [7, 11) is 1.62. The van der Waals surface area contributed by atoms with Crippen LogP contribution in [0, 0.1) is 11.8 Å². The molecule has 0 aromatic heterocycles. The van der Waals surface area contributed by atoms with Crippen molar-refractivity contribution in [1.82, 2.24) is 0 Å². The Kier molecular flexibility index (Phi) is 5.88. The molecule has 5 atom stereocenters. The highest BCUT2D eigenvalue weighted by molar-refractivity contribution is 5.90. The lowest BCUT2D eigenvalue weighted by Crippen LogP contribution is -2.25. The van der Waals surface area contributed by atoms with E-state index in [1.54, 1.807) is 19.2 Å². The molecule has 0 spiro atoms. The van der Waals surface area contributed by atoms with Gasteiger partial charge in [0, 0.05) is 25.9 Å². The average molecular weight is 392 g/mol. The van der Waals surface area contributed by atoms with Gasteiger partial charge in [-0.05, 0) is 35.3 Å². The summed E-state index contributed by atoms with van der Waals surface area (Å²) in [5, 5.41) is 0. The molecule has 1 heterocycles. The molecule has 5 nitrogen and oxygen atoms in total. The molecule has 0 radical (unpaired) electrons. The number of ether oxygens (including phenoxy) is 3. The van der Waals surface area contributed by atoms with Crippen LogP contribution >= 0.6 is 0 Å². The van der Waals surface area contributed by atoms with E-state index in [0.29, 0.717) is 12.0 Å². The fourth-order valence-corrected chi connectivity index (χ4v) is 4.38. The third-order valence-corrected chi connectivity index (χ3v) is 5.82. The van der Waals surface area contributed by atoms with E-state index in [1.807, 2.05) is 48.5 Å². The second-order valence-electron chi connectivity index (χ2n) is 7.46. The molecule has 150 valence electrons. The van der Waals surface area contributed by atoms with Crippen LogP contribution in [0.5, 0.6) is 0 Å². The third kappa shape index (κ3) is 4.16. The molecule has 1 aliphatic carbocycles. The first kappa shape index (κ1) is 19.6. The van der Waals surface area contributed by atoms with Crippen molar-refractivity contribution in [2.24, 2.45) is 11.8 Å². The number of hydrogen-bond acceptors (Lipinski definition) is 5. The van der Waals surface area contributed by atoms with Crippen molar-refractivity contribution >= 4 is 12.3 Å². The third-order valence-electron chi connectivity index (χ3n) is 5.82. The van der Waals surface area contributed by atoms with Crippen molar-refractivity contribution in [1.29, 1.82) is 0 Å². The van der Waals surface area contributed by atoms with Crippen molar-refractivity contribution < 1.29 is 23.8 Å². The zero-order valence-corrected chi connectivity index (χ0v) is 16.3. The minimum Gasteiger partial charge on any atom is -0.458 e. The van der Waals surface area contributed by atoms with Gasteiger partial charge in [0.1, 0.15) is 12.4 Å². The molecule has 0 bridgehead atoms. The highest BCUT2D eigenvalue weighted by atomic mass is 16.7.